The Kier molecular flexibility index (Phi) is 13.3. The Morgan fingerprint density at radius 2 is 2.00 bits per heavy atom. The third-order valence-electron chi connectivity index (χ3n) is 10.4. The Hall–Kier alpha value is -2.49. The number of nitrogens with one attached hydrogen (secondary N) is 1. The fourth-order valence-corrected chi connectivity index (χ4v) is 7.95. The Balaban J connectivity index is 1.10. The van der Waals surface area contributed by atoms with Gasteiger partial charge in [-0.15, -0.1) is 16.6 Å². The summed E-state index contributed by atoms with van der Waals surface area (Å²) >= 11 is 0. The molecule has 0 aromatic heterocycles. The van der Waals surface area contributed by atoms with E-state index in [1.54, 1.807) is 6.07 Å². The highest BCUT2D eigenvalue weighted by molar-refractivity contribution is 6.02. The van der Waals surface area contributed by atoms with Crippen LogP contribution in [0.3, 0.4) is 0 Å². The van der Waals surface area contributed by atoms with Gasteiger partial charge in [-0.05, 0) is 81.5 Å². The maximum absolute atomic E-state index is 10.5. The largest absolute Gasteiger partial charge is 0.504 e. The monoisotopic (exact) mass is 636 g/mol. The van der Waals surface area contributed by atoms with E-state index in [0.29, 0.717) is 37.2 Å². The van der Waals surface area contributed by atoms with Gasteiger partial charge in [0.2, 0.25) is 0 Å². The van der Waals surface area contributed by atoms with Crippen molar-refractivity contribution in [1.82, 2.24) is 5.32 Å². The molecule has 5 atom stereocenters. The van der Waals surface area contributed by atoms with Crippen molar-refractivity contribution in [3.8, 4) is 11.5 Å². The van der Waals surface area contributed by atoms with Crippen molar-refractivity contribution in [2.24, 2.45) is 28.5 Å². The number of aromatic hydroxyl groups is 1. The lowest BCUT2D eigenvalue weighted by Crippen LogP contribution is -2.36. The number of allylic oxidation sites excluding steroid dienone is 1. The van der Waals surface area contributed by atoms with Crippen molar-refractivity contribution in [1.29, 1.82) is 0 Å². The molecule has 0 amide bonds. The molecule has 254 valence electrons. The summed E-state index contributed by atoms with van der Waals surface area (Å²) in [5, 5.41) is 33.7. The predicted molar refractivity (Wildman–Crippen MR) is 185 cm³/mol. The molecule has 2 aliphatic heterocycles. The summed E-state index contributed by atoms with van der Waals surface area (Å²) in [6.07, 6.45) is 20.4. The number of unbranched alkanes of at least 4 members (excludes halogenated alkanes) is 4. The van der Waals surface area contributed by atoms with Crippen molar-refractivity contribution in [2.45, 2.75) is 109 Å². The van der Waals surface area contributed by atoms with E-state index in [-0.39, 0.29) is 24.6 Å². The number of nitrogens with zero attached hydrogens (tertiary/aromatic N) is 1. The van der Waals surface area contributed by atoms with Crippen molar-refractivity contribution in [2.75, 3.05) is 32.8 Å². The van der Waals surface area contributed by atoms with Gasteiger partial charge >= 0.3 is 0 Å². The zero-order chi connectivity index (χ0) is 32.3. The number of phenols is 1. The number of aliphatic imine (C=N–C) groups is 1. The van der Waals surface area contributed by atoms with Gasteiger partial charge in [-0.1, -0.05) is 38.2 Å². The topological polar surface area (TPSA) is 133 Å². The van der Waals surface area contributed by atoms with E-state index >= 15 is 0 Å². The number of hydrogen-bond donors (Lipinski definition) is 5. The molecule has 1 aromatic rings. The molecule has 0 radical (unpaired) electrons. The van der Waals surface area contributed by atoms with Gasteiger partial charge in [0.15, 0.2) is 17.2 Å². The highest BCUT2D eigenvalue weighted by atomic mass is 16.5. The predicted octanol–water partition coefficient (Wildman–Crippen LogP) is 5.46. The van der Waals surface area contributed by atoms with Crippen molar-refractivity contribution >= 4 is 5.71 Å². The molecule has 7 N–H and O–H groups in total. The third kappa shape index (κ3) is 9.54. The van der Waals surface area contributed by atoms with Crippen molar-refractivity contribution in [3.63, 3.8) is 0 Å². The molecule has 2 saturated carbocycles. The van der Waals surface area contributed by atoms with Crippen molar-refractivity contribution < 1.29 is 24.8 Å². The number of aliphatic hydroxyl groups is 4. The Bertz CT molecular complexity index is 1200. The van der Waals surface area contributed by atoms with E-state index in [2.05, 4.69) is 17.5 Å². The number of ether oxygens (including phenoxy) is 2. The number of fused-ring (bicyclic) bond motifs is 2. The molecule has 0 saturated heterocycles. The molecule has 1 aromatic carbocycles. The summed E-state index contributed by atoms with van der Waals surface area (Å²) in [6, 6.07) is 5.61. The lowest BCUT2D eigenvalue weighted by Gasteiger charge is -2.26. The van der Waals surface area contributed by atoms with Gasteiger partial charge in [-0.2, -0.15) is 0 Å². The second-order valence-corrected chi connectivity index (χ2v) is 13.9. The summed E-state index contributed by atoms with van der Waals surface area (Å²) in [4.78, 5) is 5.07. The number of aliphatic hydroxyl groups excluding tert-OH is 2. The van der Waals surface area contributed by atoms with Gasteiger partial charge in [0, 0.05) is 32.5 Å². The second-order valence-electron chi connectivity index (χ2n) is 13.9. The maximum atomic E-state index is 10.5. The van der Waals surface area contributed by atoms with E-state index in [0.717, 1.165) is 80.5 Å². The van der Waals surface area contributed by atoms with Crippen LogP contribution < -0.4 is 15.8 Å². The van der Waals surface area contributed by atoms with Crippen LogP contribution >= 0.6 is 0 Å². The second kappa shape index (κ2) is 17.6. The Morgan fingerprint density at radius 1 is 1.15 bits per heavy atom. The molecule has 2 fully saturated rings. The van der Waals surface area contributed by atoms with E-state index < -0.39 is 0 Å². The molecule has 4 aliphatic rings. The zero-order valence-corrected chi connectivity index (χ0v) is 27.9. The lowest BCUT2D eigenvalue weighted by atomic mass is 9.77. The first-order valence-corrected chi connectivity index (χ1v) is 18.0. The summed E-state index contributed by atoms with van der Waals surface area (Å²) in [6.45, 7) is 4.62. The summed E-state index contributed by atoms with van der Waals surface area (Å²) < 4.78 is 11.1. The first kappa shape index (κ1) is 34.8. The lowest BCUT2D eigenvalue weighted by molar-refractivity contribution is -0.0552. The molecule has 0 spiro atoms. The van der Waals surface area contributed by atoms with Gasteiger partial charge in [-0.25, -0.2) is 0 Å². The molecule has 5 rings (SSSR count). The van der Waals surface area contributed by atoms with E-state index in [1.807, 2.05) is 19.1 Å². The van der Waals surface area contributed by atoms with E-state index in [4.69, 9.17) is 20.2 Å². The fraction of sp³-hybridized carbons (Fsp3) is 0.658. The van der Waals surface area contributed by atoms with Crippen LogP contribution in [0.1, 0.15) is 96.0 Å². The molecule has 2 aliphatic carbocycles. The van der Waals surface area contributed by atoms with Gasteiger partial charge < -0.3 is 35.8 Å². The van der Waals surface area contributed by atoms with Crippen LogP contribution in [0.15, 0.2) is 46.6 Å². The zero-order valence-electron chi connectivity index (χ0n) is 27.9. The van der Waals surface area contributed by atoms with Crippen LogP contribution in [0.25, 0.3) is 0 Å². The number of benzene rings is 1. The van der Waals surface area contributed by atoms with Crippen LogP contribution in [-0.2, 0) is 6.42 Å². The molecule has 0 bridgehead atoms. The van der Waals surface area contributed by atoms with E-state index in [9.17, 15) is 15.3 Å². The van der Waals surface area contributed by atoms with Crippen LogP contribution in [0.2, 0.25) is 0 Å². The molecule has 2 heterocycles. The summed E-state index contributed by atoms with van der Waals surface area (Å²) in [5.74, 6) is 3.97. The molecule has 8 heteroatoms. The van der Waals surface area contributed by atoms with Crippen LogP contribution in [0, 0.1) is 29.8 Å². The van der Waals surface area contributed by atoms with Crippen LogP contribution in [0.5, 0.6) is 11.5 Å². The number of nitrogens with two attached hydrogens (primary N) is 1. The first-order chi connectivity index (χ1) is 22.4. The third-order valence-corrected chi connectivity index (χ3v) is 10.4. The highest BCUT2D eigenvalue weighted by Gasteiger charge is 2.48. The molecule has 46 heavy (non-hydrogen) atoms. The fourth-order valence-electron chi connectivity index (χ4n) is 7.95. The Labute approximate surface area is 276 Å². The minimum Gasteiger partial charge on any atom is -0.504 e. The Morgan fingerprint density at radius 3 is 2.83 bits per heavy atom. The molecule has 8 nitrogen and oxygen atoms in total. The summed E-state index contributed by atoms with van der Waals surface area (Å²) in [5.41, 5.74) is 10.0. The number of rotatable bonds is 19. The van der Waals surface area contributed by atoms with Crippen molar-refractivity contribution in [3.05, 3.63) is 59.2 Å². The molecule has 1 unspecified atom stereocenters. The van der Waals surface area contributed by atoms with Gasteiger partial charge in [0.25, 0.3) is 0 Å². The van der Waals surface area contributed by atoms with E-state index in [1.165, 1.54) is 56.6 Å². The number of aryl methyl sites for hydroxylation is 1. The average molecular weight is 637 g/mol. The minimum atomic E-state index is -0.346. The van der Waals surface area contributed by atoms with Gasteiger partial charge in [-0.3, -0.25) is 0 Å². The molecular formula is C38H58N3O5+. The van der Waals surface area contributed by atoms with Crippen LogP contribution in [-0.4, -0.2) is 70.8 Å². The smallest absolute Gasteiger partial charge is 0.178 e. The number of phenolic OH excluding ortho intramolecular Hbond substituents is 1. The standard InChI is InChI=1S/C38H57N3O5/c1-26(43)23-40-24-34-32-9-7-8-28(32)13-15-35-33(34)22-30(41-35)17-19-45-38-20-27(12-16-36(38)44)11-14-31-21-29(25-42)37(46-31)10-5-3-2-4-6-18-39/h12,16,20-22,26,28,32,34,37,40,42-43,46H,2-11,13-15,17-19,23-25,39H2,1H3/p+1/t26-,28+,32-,34-,37?/m0/s1. The first-order valence-electron chi connectivity index (χ1n) is 18.0. The maximum Gasteiger partial charge on any atom is 0.178 e. The van der Waals surface area contributed by atoms with Gasteiger partial charge in [0.05, 0.1) is 24.5 Å². The van der Waals surface area contributed by atoms with Crippen LogP contribution in [0.4, 0.5) is 0 Å². The molecular weight excluding hydrogens is 578 g/mol. The normalized spacial score (nSPS) is 24.7. The minimum absolute atomic E-state index is 0.0604. The average Bonchev–Trinajstić information content (AvgIpc) is 3.77. The SMILES string of the molecule is C[C@H](O)CNC[C@@H]1[C+]2C=C(CCOc3cc(CC[C-]4C=C(CO)C(CCCCCCCN)[OH+]4)ccc3O)N=C2CC[C@H]2CCC[C@@H]21. The number of hydrogen-bond acceptors (Lipinski definition) is 7. The van der Waals surface area contributed by atoms with Gasteiger partial charge in [0.1, 0.15) is 30.4 Å². The quantitative estimate of drug-likeness (QED) is 0.0778. The highest BCUT2D eigenvalue weighted by Crippen LogP contribution is 2.48. The summed E-state index contributed by atoms with van der Waals surface area (Å²) in [7, 11) is 0.